The number of para-hydroxylation sites is 1. The van der Waals surface area contributed by atoms with E-state index in [4.69, 9.17) is 0 Å². The minimum absolute atomic E-state index is 0.0234. The molecule has 1 aliphatic rings. The molecule has 2 rings (SSSR count). The average Bonchev–Trinajstić information content (AvgIpc) is 2.87. The van der Waals surface area contributed by atoms with Gasteiger partial charge in [-0.1, -0.05) is 24.6 Å². The lowest BCUT2D eigenvalue weighted by Gasteiger charge is -2.17. The summed E-state index contributed by atoms with van der Waals surface area (Å²) in [4.78, 5) is 11.7. The molecule has 19 heavy (non-hydrogen) atoms. The predicted molar refractivity (Wildman–Crippen MR) is 75.9 cm³/mol. The van der Waals surface area contributed by atoms with Gasteiger partial charge in [-0.25, -0.2) is 0 Å². The van der Waals surface area contributed by atoms with Gasteiger partial charge in [-0.05, 0) is 43.4 Å². The number of carbonyl (C=O) groups excluding carboxylic acids is 1. The number of hydrogen-bond acceptors (Lipinski definition) is 3. The molecule has 0 aliphatic heterocycles. The molecule has 1 aromatic rings. The molecular formula is C15H22N2O2. The molecule has 4 nitrogen and oxygen atoms in total. The SMILES string of the molecule is O=C(CNCC1CCCC1CO)Nc1ccccc1. The van der Waals surface area contributed by atoms with E-state index >= 15 is 0 Å². The van der Waals surface area contributed by atoms with Crippen molar-refractivity contribution in [1.29, 1.82) is 0 Å². The molecule has 0 bridgehead atoms. The molecule has 0 spiro atoms. The van der Waals surface area contributed by atoms with Crippen molar-refractivity contribution in [2.45, 2.75) is 19.3 Å². The summed E-state index contributed by atoms with van der Waals surface area (Å²) in [6.07, 6.45) is 3.45. The third-order valence-electron chi connectivity index (χ3n) is 3.80. The lowest BCUT2D eigenvalue weighted by molar-refractivity contribution is -0.115. The third kappa shape index (κ3) is 4.33. The summed E-state index contributed by atoms with van der Waals surface area (Å²) in [6, 6.07) is 9.46. The van der Waals surface area contributed by atoms with Crippen molar-refractivity contribution in [3.8, 4) is 0 Å². The van der Waals surface area contributed by atoms with Crippen molar-refractivity contribution < 1.29 is 9.90 Å². The molecule has 1 amide bonds. The van der Waals surface area contributed by atoms with E-state index in [0.29, 0.717) is 18.4 Å². The number of aliphatic hydroxyl groups excluding tert-OH is 1. The molecule has 0 heterocycles. The summed E-state index contributed by atoms with van der Waals surface area (Å²) in [6.45, 7) is 1.40. The number of carbonyl (C=O) groups is 1. The Kier molecular flexibility index (Phi) is 5.36. The van der Waals surface area contributed by atoms with Gasteiger partial charge in [0.05, 0.1) is 6.54 Å². The van der Waals surface area contributed by atoms with E-state index in [2.05, 4.69) is 10.6 Å². The van der Waals surface area contributed by atoms with Crippen molar-refractivity contribution >= 4 is 11.6 Å². The standard InChI is InChI=1S/C15H22N2O2/c18-11-13-6-4-5-12(13)9-16-10-15(19)17-14-7-2-1-3-8-14/h1-3,7-8,12-13,16,18H,4-6,9-11H2,(H,17,19). The molecule has 2 unspecified atom stereocenters. The van der Waals surface area contributed by atoms with Gasteiger partial charge in [0.25, 0.3) is 0 Å². The number of amides is 1. The molecule has 0 aromatic heterocycles. The summed E-state index contributed by atoms with van der Waals surface area (Å²) in [5.74, 6) is 0.893. The number of benzene rings is 1. The first kappa shape index (κ1) is 14.0. The molecule has 2 atom stereocenters. The highest BCUT2D eigenvalue weighted by Crippen LogP contribution is 2.30. The molecule has 0 radical (unpaired) electrons. The molecule has 1 saturated carbocycles. The second kappa shape index (κ2) is 7.26. The van der Waals surface area contributed by atoms with Crippen LogP contribution >= 0.6 is 0 Å². The minimum atomic E-state index is -0.0234. The topological polar surface area (TPSA) is 61.4 Å². The molecule has 4 heteroatoms. The van der Waals surface area contributed by atoms with Crippen molar-refractivity contribution in [3.63, 3.8) is 0 Å². The highest BCUT2D eigenvalue weighted by atomic mass is 16.3. The Hall–Kier alpha value is -1.39. The first-order valence-electron chi connectivity index (χ1n) is 6.96. The van der Waals surface area contributed by atoms with Crippen molar-refractivity contribution in [1.82, 2.24) is 5.32 Å². The Bertz CT molecular complexity index is 394. The van der Waals surface area contributed by atoms with Gasteiger partial charge in [0.1, 0.15) is 0 Å². The van der Waals surface area contributed by atoms with Gasteiger partial charge in [0.2, 0.25) is 5.91 Å². The van der Waals surface area contributed by atoms with E-state index < -0.39 is 0 Å². The van der Waals surface area contributed by atoms with E-state index in [1.165, 1.54) is 6.42 Å². The van der Waals surface area contributed by atoms with Gasteiger partial charge in [0, 0.05) is 12.3 Å². The molecule has 1 aliphatic carbocycles. The van der Waals surface area contributed by atoms with Gasteiger partial charge in [-0.3, -0.25) is 4.79 Å². The van der Waals surface area contributed by atoms with Gasteiger partial charge in [0.15, 0.2) is 0 Å². The second-order valence-corrected chi connectivity index (χ2v) is 5.18. The van der Waals surface area contributed by atoms with Crippen LogP contribution in [0.15, 0.2) is 30.3 Å². The van der Waals surface area contributed by atoms with Crippen LogP contribution < -0.4 is 10.6 Å². The van der Waals surface area contributed by atoms with E-state index in [0.717, 1.165) is 25.1 Å². The molecule has 1 fully saturated rings. The number of anilines is 1. The maximum absolute atomic E-state index is 11.7. The van der Waals surface area contributed by atoms with E-state index in [1.807, 2.05) is 30.3 Å². The summed E-state index contributed by atoms with van der Waals surface area (Å²) in [5.41, 5.74) is 0.823. The first-order chi connectivity index (χ1) is 9.29. The summed E-state index contributed by atoms with van der Waals surface area (Å²) in [5, 5.41) is 15.3. The summed E-state index contributed by atoms with van der Waals surface area (Å²) >= 11 is 0. The van der Waals surface area contributed by atoms with Crippen LogP contribution in [-0.4, -0.2) is 30.7 Å². The fourth-order valence-corrected chi connectivity index (χ4v) is 2.72. The van der Waals surface area contributed by atoms with Crippen molar-refractivity contribution in [3.05, 3.63) is 30.3 Å². The normalized spacial score (nSPS) is 22.4. The van der Waals surface area contributed by atoms with Crippen LogP contribution in [0, 0.1) is 11.8 Å². The van der Waals surface area contributed by atoms with Gasteiger partial charge in [-0.2, -0.15) is 0 Å². The Morgan fingerprint density at radius 3 is 2.68 bits per heavy atom. The zero-order valence-electron chi connectivity index (χ0n) is 11.1. The Balaban J connectivity index is 1.67. The quantitative estimate of drug-likeness (QED) is 0.730. The summed E-state index contributed by atoms with van der Waals surface area (Å²) < 4.78 is 0. The van der Waals surface area contributed by atoms with Gasteiger partial charge in [-0.15, -0.1) is 0 Å². The van der Waals surface area contributed by atoms with E-state index in [-0.39, 0.29) is 12.5 Å². The third-order valence-corrected chi connectivity index (χ3v) is 3.80. The van der Waals surface area contributed by atoms with Crippen LogP contribution in [0.25, 0.3) is 0 Å². The Labute approximate surface area is 114 Å². The predicted octanol–water partition coefficient (Wildman–Crippen LogP) is 1.62. The Morgan fingerprint density at radius 1 is 1.21 bits per heavy atom. The fourth-order valence-electron chi connectivity index (χ4n) is 2.72. The van der Waals surface area contributed by atoms with Gasteiger partial charge >= 0.3 is 0 Å². The highest BCUT2D eigenvalue weighted by molar-refractivity contribution is 5.92. The van der Waals surface area contributed by atoms with Crippen LogP contribution in [0.4, 0.5) is 5.69 Å². The summed E-state index contributed by atoms with van der Waals surface area (Å²) in [7, 11) is 0. The smallest absolute Gasteiger partial charge is 0.238 e. The monoisotopic (exact) mass is 262 g/mol. The largest absolute Gasteiger partial charge is 0.396 e. The average molecular weight is 262 g/mol. The lowest BCUT2D eigenvalue weighted by atomic mass is 9.97. The lowest BCUT2D eigenvalue weighted by Crippen LogP contribution is -2.33. The number of nitrogens with one attached hydrogen (secondary N) is 2. The zero-order valence-corrected chi connectivity index (χ0v) is 11.1. The molecular weight excluding hydrogens is 240 g/mol. The van der Waals surface area contributed by atoms with Crippen LogP contribution in [0.3, 0.4) is 0 Å². The highest BCUT2D eigenvalue weighted by Gasteiger charge is 2.26. The minimum Gasteiger partial charge on any atom is -0.396 e. The van der Waals surface area contributed by atoms with Crippen LogP contribution in [0.2, 0.25) is 0 Å². The zero-order chi connectivity index (χ0) is 13.5. The van der Waals surface area contributed by atoms with Crippen LogP contribution in [0.5, 0.6) is 0 Å². The maximum atomic E-state index is 11.7. The molecule has 0 saturated heterocycles. The molecule has 3 N–H and O–H groups in total. The number of aliphatic hydroxyl groups is 1. The van der Waals surface area contributed by atoms with Crippen molar-refractivity contribution in [2.24, 2.45) is 11.8 Å². The second-order valence-electron chi connectivity index (χ2n) is 5.18. The molecule has 104 valence electrons. The maximum Gasteiger partial charge on any atom is 0.238 e. The number of rotatable bonds is 6. The van der Waals surface area contributed by atoms with Crippen LogP contribution in [0.1, 0.15) is 19.3 Å². The van der Waals surface area contributed by atoms with Gasteiger partial charge < -0.3 is 15.7 Å². The van der Waals surface area contributed by atoms with Crippen molar-refractivity contribution in [2.75, 3.05) is 25.0 Å². The fraction of sp³-hybridized carbons (Fsp3) is 0.533. The number of hydrogen-bond donors (Lipinski definition) is 3. The molecule has 1 aromatic carbocycles. The van der Waals surface area contributed by atoms with E-state index in [9.17, 15) is 9.90 Å². The van der Waals surface area contributed by atoms with E-state index in [1.54, 1.807) is 0 Å². The van der Waals surface area contributed by atoms with Crippen LogP contribution in [-0.2, 0) is 4.79 Å². The Morgan fingerprint density at radius 2 is 1.95 bits per heavy atom. The first-order valence-corrected chi connectivity index (χ1v) is 6.96.